The highest BCUT2D eigenvalue weighted by Gasteiger charge is 2.27. The van der Waals surface area contributed by atoms with Crippen molar-refractivity contribution in [3.63, 3.8) is 0 Å². The number of aromatic nitrogens is 3. The standard InChI is InChI=1S/C26H33N5O/c1-17-6-4-5-7-20(17)15-30-13-12-21(16-30)24-14-25-27-18(2)23(19(3)31(25)29-24)10-11-26(32)28-22-8-9-22/h4-7,14,21-22H,8-13,15-16H2,1-3H3,(H,28,32)/t21-/m1/s1. The topological polar surface area (TPSA) is 62.5 Å². The second-order valence-corrected chi connectivity index (χ2v) is 9.59. The highest BCUT2D eigenvalue weighted by Crippen LogP contribution is 2.29. The number of aryl methyl sites for hydroxylation is 3. The number of benzene rings is 1. The molecule has 1 amide bonds. The molecular formula is C26H33N5O. The number of carbonyl (C=O) groups excluding carboxylic acids is 1. The van der Waals surface area contributed by atoms with Gasteiger partial charge in [-0.3, -0.25) is 9.69 Å². The third kappa shape index (κ3) is 4.42. The number of fused-ring (bicyclic) bond motifs is 1. The molecule has 1 aliphatic carbocycles. The van der Waals surface area contributed by atoms with Crippen LogP contribution in [0.25, 0.3) is 5.65 Å². The number of nitrogens with one attached hydrogen (secondary N) is 1. The zero-order chi connectivity index (χ0) is 22.2. The monoisotopic (exact) mass is 431 g/mol. The molecule has 1 saturated heterocycles. The van der Waals surface area contributed by atoms with Crippen molar-refractivity contribution in [2.75, 3.05) is 13.1 Å². The predicted molar refractivity (Wildman–Crippen MR) is 126 cm³/mol. The summed E-state index contributed by atoms with van der Waals surface area (Å²) in [6.07, 6.45) is 4.59. The third-order valence-electron chi connectivity index (χ3n) is 7.07. The van der Waals surface area contributed by atoms with E-state index in [1.54, 1.807) is 0 Å². The van der Waals surface area contributed by atoms with Gasteiger partial charge in [0.25, 0.3) is 0 Å². The van der Waals surface area contributed by atoms with Gasteiger partial charge in [-0.25, -0.2) is 9.50 Å². The van der Waals surface area contributed by atoms with E-state index in [0.29, 0.717) is 24.8 Å². The van der Waals surface area contributed by atoms with Crippen LogP contribution in [0.2, 0.25) is 0 Å². The molecule has 1 N–H and O–H groups in total. The molecule has 0 unspecified atom stereocenters. The molecule has 2 aromatic heterocycles. The molecule has 168 valence electrons. The number of hydrogen-bond acceptors (Lipinski definition) is 4. The molecule has 1 aromatic carbocycles. The van der Waals surface area contributed by atoms with Gasteiger partial charge in [0.15, 0.2) is 5.65 Å². The van der Waals surface area contributed by atoms with E-state index in [-0.39, 0.29) is 5.91 Å². The van der Waals surface area contributed by atoms with Crippen LogP contribution in [0.15, 0.2) is 30.3 Å². The lowest BCUT2D eigenvalue weighted by Crippen LogP contribution is -2.25. The van der Waals surface area contributed by atoms with Crippen LogP contribution in [0.4, 0.5) is 0 Å². The maximum absolute atomic E-state index is 12.2. The Balaban J connectivity index is 1.29. The van der Waals surface area contributed by atoms with Crippen LogP contribution in [0.1, 0.15) is 65.4 Å². The molecule has 2 aliphatic rings. The Morgan fingerprint density at radius 1 is 1.16 bits per heavy atom. The van der Waals surface area contributed by atoms with Gasteiger partial charge in [0.05, 0.1) is 5.69 Å². The summed E-state index contributed by atoms with van der Waals surface area (Å²) in [4.78, 5) is 19.5. The minimum atomic E-state index is 0.146. The van der Waals surface area contributed by atoms with Crippen LogP contribution in [0.5, 0.6) is 0 Å². The number of carbonyl (C=O) groups is 1. The van der Waals surface area contributed by atoms with E-state index in [1.165, 1.54) is 11.1 Å². The minimum absolute atomic E-state index is 0.146. The summed E-state index contributed by atoms with van der Waals surface area (Å²) in [5.41, 5.74) is 8.07. The molecule has 5 rings (SSSR count). The molecule has 0 bridgehead atoms. The quantitative estimate of drug-likeness (QED) is 0.617. The fourth-order valence-corrected chi connectivity index (χ4v) is 4.92. The molecule has 6 heteroatoms. The smallest absolute Gasteiger partial charge is 0.220 e. The fourth-order valence-electron chi connectivity index (χ4n) is 4.92. The Morgan fingerprint density at radius 3 is 2.75 bits per heavy atom. The maximum atomic E-state index is 12.2. The zero-order valence-electron chi connectivity index (χ0n) is 19.4. The molecule has 3 heterocycles. The van der Waals surface area contributed by atoms with E-state index in [2.05, 4.69) is 54.4 Å². The lowest BCUT2D eigenvalue weighted by Gasteiger charge is -2.17. The lowest BCUT2D eigenvalue weighted by atomic mass is 10.1. The average Bonchev–Trinajstić information content (AvgIpc) is 3.28. The number of nitrogens with zero attached hydrogens (tertiary/aromatic N) is 4. The normalized spacial score (nSPS) is 19.0. The van der Waals surface area contributed by atoms with Crippen molar-refractivity contribution in [2.45, 2.75) is 71.4 Å². The molecular weight excluding hydrogens is 398 g/mol. The molecule has 32 heavy (non-hydrogen) atoms. The molecule has 2 fully saturated rings. The van der Waals surface area contributed by atoms with Gasteiger partial charge in [0, 0.05) is 48.9 Å². The van der Waals surface area contributed by atoms with Gasteiger partial charge in [-0.15, -0.1) is 0 Å². The van der Waals surface area contributed by atoms with Crippen LogP contribution in [0, 0.1) is 20.8 Å². The van der Waals surface area contributed by atoms with E-state index in [0.717, 1.165) is 67.2 Å². The number of rotatable bonds is 7. The molecule has 3 aromatic rings. The van der Waals surface area contributed by atoms with E-state index in [1.807, 2.05) is 11.4 Å². The van der Waals surface area contributed by atoms with E-state index < -0.39 is 0 Å². The van der Waals surface area contributed by atoms with Crippen LogP contribution < -0.4 is 5.32 Å². The van der Waals surface area contributed by atoms with Crippen LogP contribution in [-0.4, -0.2) is 44.5 Å². The van der Waals surface area contributed by atoms with Crippen LogP contribution in [-0.2, 0) is 17.8 Å². The van der Waals surface area contributed by atoms with Gasteiger partial charge in [-0.1, -0.05) is 24.3 Å². The predicted octanol–water partition coefficient (Wildman–Crippen LogP) is 3.86. The summed E-state index contributed by atoms with van der Waals surface area (Å²) in [6, 6.07) is 11.2. The maximum Gasteiger partial charge on any atom is 0.220 e. The highest BCUT2D eigenvalue weighted by atomic mass is 16.1. The first-order valence-electron chi connectivity index (χ1n) is 11.9. The lowest BCUT2D eigenvalue weighted by molar-refractivity contribution is -0.121. The summed E-state index contributed by atoms with van der Waals surface area (Å²) in [5, 5.41) is 8.05. The van der Waals surface area contributed by atoms with Crippen molar-refractivity contribution in [3.8, 4) is 0 Å². The molecule has 6 nitrogen and oxygen atoms in total. The van der Waals surface area contributed by atoms with Crippen molar-refractivity contribution in [2.24, 2.45) is 0 Å². The summed E-state index contributed by atoms with van der Waals surface area (Å²) < 4.78 is 1.99. The number of likely N-dealkylation sites (tertiary alicyclic amines) is 1. The molecule has 1 saturated carbocycles. The average molecular weight is 432 g/mol. The van der Waals surface area contributed by atoms with E-state index in [9.17, 15) is 4.79 Å². The Hall–Kier alpha value is -2.73. The van der Waals surface area contributed by atoms with E-state index in [4.69, 9.17) is 10.1 Å². The largest absolute Gasteiger partial charge is 0.353 e. The number of hydrogen-bond donors (Lipinski definition) is 1. The summed E-state index contributed by atoms with van der Waals surface area (Å²) >= 11 is 0. The summed E-state index contributed by atoms with van der Waals surface area (Å²) in [6.45, 7) is 9.47. The van der Waals surface area contributed by atoms with Crippen molar-refractivity contribution in [3.05, 3.63) is 64.1 Å². The molecule has 0 spiro atoms. The van der Waals surface area contributed by atoms with Crippen molar-refractivity contribution in [1.82, 2.24) is 24.8 Å². The van der Waals surface area contributed by atoms with Crippen molar-refractivity contribution >= 4 is 11.6 Å². The Kier molecular flexibility index (Phi) is 5.72. The first-order chi connectivity index (χ1) is 15.5. The summed E-state index contributed by atoms with van der Waals surface area (Å²) in [7, 11) is 0. The Morgan fingerprint density at radius 2 is 1.97 bits per heavy atom. The van der Waals surface area contributed by atoms with Crippen molar-refractivity contribution in [1.29, 1.82) is 0 Å². The summed E-state index contributed by atoms with van der Waals surface area (Å²) in [5.74, 6) is 0.584. The first-order valence-corrected chi connectivity index (χ1v) is 11.9. The fraction of sp³-hybridized carbons (Fsp3) is 0.500. The van der Waals surface area contributed by atoms with Gasteiger partial charge in [-0.2, -0.15) is 5.10 Å². The Bertz CT molecular complexity index is 1150. The van der Waals surface area contributed by atoms with Crippen molar-refractivity contribution < 1.29 is 4.79 Å². The van der Waals surface area contributed by atoms with Gasteiger partial charge in [-0.05, 0) is 69.7 Å². The van der Waals surface area contributed by atoms with Gasteiger partial charge in [0.1, 0.15) is 0 Å². The molecule has 1 atom stereocenters. The van der Waals surface area contributed by atoms with Gasteiger partial charge >= 0.3 is 0 Å². The minimum Gasteiger partial charge on any atom is -0.353 e. The molecule has 1 aliphatic heterocycles. The third-order valence-corrected chi connectivity index (χ3v) is 7.07. The first kappa shape index (κ1) is 21.1. The number of amides is 1. The Labute approximate surface area is 190 Å². The van der Waals surface area contributed by atoms with Crippen LogP contribution >= 0.6 is 0 Å². The zero-order valence-corrected chi connectivity index (χ0v) is 19.4. The van der Waals surface area contributed by atoms with Gasteiger partial charge in [0.2, 0.25) is 5.91 Å². The SMILES string of the molecule is Cc1ccccc1CN1CC[C@@H](c2cc3nc(C)c(CCC(=O)NC4CC4)c(C)n3n2)C1. The van der Waals surface area contributed by atoms with Crippen LogP contribution in [0.3, 0.4) is 0 Å². The van der Waals surface area contributed by atoms with E-state index >= 15 is 0 Å². The second-order valence-electron chi connectivity index (χ2n) is 9.59. The molecule has 0 radical (unpaired) electrons. The van der Waals surface area contributed by atoms with Gasteiger partial charge < -0.3 is 5.32 Å². The second kappa shape index (κ2) is 8.66. The highest BCUT2D eigenvalue weighted by molar-refractivity contribution is 5.76.